The van der Waals surface area contributed by atoms with Gasteiger partial charge in [-0.25, -0.2) is 9.97 Å². The van der Waals surface area contributed by atoms with Crippen LogP contribution in [0, 0.1) is 0 Å². The summed E-state index contributed by atoms with van der Waals surface area (Å²) in [6.45, 7) is 0.938. The molecule has 4 N–H and O–H groups in total. The van der Waals surface area contributed by atoms with Crippen molar-refractivity contribution < 1.29 is 0 Å². The summed E-state index contributed by atoms with van der Waals surface area (Å²) in [6, 6.07) is 5.82. The second kappa shape index (κ2) is 4.18. The van der Waals surface area contributed by atoms with Gasteiger partial charge in [0.25, 0.3) is 0 Å². The first-order valence-corrected chi connectivity index (χ1v) is 5.97. The van der Waals surface area contributed by atoms with Gasteiger partial charge in [0.1, 0.15) is 11.6 Å². The van der Waals surface area contributed by atoms with E-state index in [0.29, 0.717) is 11.5 Å². The van der Waals surface area contributed by atoms with Gasteiger partial charge in [-0.15, -0.1) is 0 Å². The van der Waals surface area contributed by atoms with Crippen molar-refractivity contribution in [3.8, 4) is 0 Å². The third-order valence-corrected chi connectivity index (χ3v) is 3.12. The number of fused-ring (bicyclic) bond motifs is 1. The molecule has 0 fully saturated rings. The van der Waals surface area contributed by atoms with Crippen molar-refractivity contribution >= 4 is 23.0 Å². The molecule has 0 aliphatic carbocycles. The summed E-state index contributed by atoms with van der Waals surface area (Å²) in [6.07, 6.45) is 5.52. The first-order chi connectivity index (χ1) is 8.74. The van der Waals surface area contributed by atoms with E-state index >= 15 is 0 Å². The first kappa shape index (κ1) is 10.8. The third-order valence-electron chi connectivity index (χ3n) is 3.12. The van der Waals surface area contributed by atoms with Crippen LogP contribution in [0.1, 0.15) is 12.0 Å². The zero-order valence-corrected chi connectivity index (χ0v) is 10.0. The summed E-state index contributed by atoms with van der Waals surface area (Å²) in [5, 5.41) is 0. The number of pyridine rings is 2. The summed E-state index contributed by atoms with van der Waals surface area (Å²) in [7, 11) is 0. The number of aryl methyl sites for hydroxylation is 1. The second-order valence-corrected chi connectivity index (χ2v) is 4.45. The Morgan fingerprint density at radius 2 is 2.06 bits per heavy atom. The highest BCUT2D eigenvalue weighted by atomic mass is 15.2. The maximum absolute atomic E-state index is 5.78. The largest absolute Gasteiger partial charge is 0.397 e. The van der Waals surface area contributed by atoms with Crippen LogP contribution in [0.5, 0.6) is 0 Å². The van der Waals surface area contributed by atoms with Gasteiger partial charge in [-0.1, -0.05) is 0 Å². The van der Waals surface area contributed by atoms with E-state index in [-0.39, 0.29) is 0 Å². The number of hydrogen-bond donors (Lipinski definition) is 2. The first-order valence-electron chi connectivity index (χ1n) is 5.97. The molecule has 0 atom stereocenters. The molecule has 5 heteroatoms. The van der Waals surface area contributed by atoms with E-state index in [1.807, 2.05) is 18.2 Å². The monoisotopic (exact) mass is 241 g/mol. The normalized spacial score (nSPS) is 14.3. The van der Waals surface area contributed by atoms with Crippen LogP contribution in [-0.4, -0.2) is 16.5 Å². The summed E-state index contributed by atoms with van der Waals surface area (Å²) < 4.78 is 0. The number of nitrogens with two attached hydrogens (primary N) is 2. The average molecular weight is 241 g/mol. The molecule has 0 amide bonds. The quantitative estimate of drug-likeness (QED) is 0.794. The van der Waals surface area contributed by atoms with Crippen LogP contribution in [-0.2, 0) is 6.42 Å². The molecule has 1 aliphatic heterocycles. The Bertz CT molecular complexity index is 581. The average Bonchev–Trinajstić information content (AvgIpc) is 2.37. The van der Waals surface area contributed by atoms with Crippen molar-refractivity contribution in [2.24, 2.45) is 0 Å². The Morgan fingerprint density at radius 1 is 1.17 bits per heavy atom. The fourth-order valence-electron chi connectivity index (χ4n) is 2.34. The lowest BCUT2D eigenvalue weighted by atomic mass is 10.0. The smallest absolute Gasteiger partial charge is 0.136 e. The number of rotatable bonds is 1. The van der Waals surface area contributed by atoms with E-state index in [2.05, 4.69) is 14.9 Å². The van der Waals surface area contributed by atoms with Crippen LogP contribution in [0.2, 0.25) is 0 Å². The van der Waals surface area contributed by atoms with E-state index in [0.717, 1.165) is 30.9 Å². The molecular weight excluding hydrogens is 226 g/mol. The summed E-state index contributed by atoms with van der Waals surface area (Å²) >= 11 is 0. The van der Waals surface area contributed by atoms with Gasteiger partial charge in [0.2, 0.25) is 0 Å². The maximum atomic E-state index is 5.78. The van der Waals surface area contributed by atoms with Crippen LogP contribution in [0.15, 0.2) is 30.6 Å². The van der Waals surface area contributed by atoms with Crippen LogP contribution in [0.4, 0.5) is 23.0 Å². The molecule has 1 aliphatic rings. The van der Waals surface area contributed by atoms with Gasteiger partial charge < -0.3 is 16.4 Å². The van der Waals surface area contributed by atoms with Crippen molar-refractivity contribution in [1.82, 2.24) is 9.97 Å². The molecule has 0 saturated carbocycles. The van der Waals surface area contributed by atoms with Gasteiger partial charge in [0, 0.05) is 24.5 Å². The lowest BCUT2D eigenvalue weighted by molar-refractivity contribution is 0.753. The fourth-order valence-corrected chi connectivity index (χ4v) is 2.34. The number of aromatic nitrogens is 2. The van der Waals surface area contributed by atoms with Gasteiger partial charge in [0.05, 0.1) is 11.9 Å². The number of nitrogens with zero attached hydrogens (tertiary/aromatic N) is 3. The number of anilines is 4. The van der Waals surface area contributed by atoms with Crippen LogP contribution in [0.3, 0.4) is 0 Å². The van der Waals surface area contributed by atoms with Gasteiger partial charge in [-0.05, 0) is 30.5 Å². The third kappa shape index (κ3) is 1.84. The van der Waals surface area contributed by atoms with Crippen LogP contribution < -0.4 is 16.4 Å². The molecule has 2 aromatic heterocycles. The molecule has 0 bridgehead atoms. The Kier molecular flexibility index (Phi) is 2.51. The van der Waals surface area contributed by atoms with Gasteiger partial charge in [-0.3, -0.25) is 0 Å². The van der Waals surface area contributed by atoms with Crippen molar-refractivity contribution in [1.29, 1.82) is 0 Å². The molecule has 2 aromatic rings. The maximum Gasteiger partial charge on any atom is 0.136 e. The zero-order valence-electron chi connectivity index (χ0n) is 10.0. The molecule has 92 valence electrons. The molecule has 3 rings (SSSR count). The Balaban J connectivity index is 2.06. The van der Waals surface area contributed by atoms with Crippen molar-refractivity contribution in [3.05, 3.63) is 36.2 Å². The van der Waals surface area contributed by atoms with Gasteiger partial charge in [-0.2, -0.15) is 0 Å². The van der Waals surface area contributed by atoms with Gasteiger partial charge >= 0.3 is 0 Å². The Morgan fingerprint density at radius 3 is 2.89 bits per heavy atom. The fraction of sp³-hybridized carbons (Fsp3) is 0.231. The predicted octanol–water partition coefficient (Wildman–Crippen LogP) is 1.73. The Labute approximate surface area is 105 Å². The zero-order chi connectivity index (χ0) is 12.5. The minimum absolute atomic E-state index is 0.523. The van der Waals surface area contributed by atoms with Crippen molar-refractivity contribution in [2.75, 3.05) is 22.9 Å². The molecule has 0 unspecified atom stereocenters. The van der Waals surface area contributed by atoms with E-state index in [1.165, 1.54) is 5.56 Å². The molecule has 0 spiro atoms. The van der Waals surface area contributed by atoms with Crippen LogP contribution in [0.25, 0.3) is 0 Å². The lowest BCUT2D eigenvalue weighted by Gasteiger charge is -2.30. The second-order valence-electron chi connectivity index (χ2n) is 4.45. The van der Waals surface area contributed by atoms with E-state index in [4.69, 9.17) is 11.5 Å². The van der Waals surface area contributed by atoms with E-state index in [9.17, 15) is 0 Å². The topological polar surface area (TPSA) is 81.1 Å². The van der Waals surface area contributed by atoms with Crippen molar-refractivity contribution in [3.63, 3.8) is 0 Å². The molecule has 3 heterocycles. The number of nitrogen functional groups attached to an aromatic ring is 2. The van der Waals surface area contributed by atoms with Gasteiger partial charge in [0.15, 0.2) is 0 Å². The summed E-state index contributed by atoms with van der Waals surface area (Å²) in [4.78, 5) is 10.6. The molecule has 5 nitrogen and oxygen atoms in total. The van der Waals surface area contributed by atoms with Crippen LogP contribution >= 0.6 is 0 Å². The molecule has 0 saturated heterocycles. The lowest BCUT2D eigenvalue weighted by Crippen LogP contribution is -2.25. The summed E-state index contributed by atoms with van der Waals surface area (Å²) in [5.74, 6) is 1.50. The highest BCUT2D eigenvalue weighted by Gasteiger charge is 2.19. The van der Waals surface area contributed by atoms with E-state index < -0.39 is 0 Å². The molecular formula is C13H15N5. The number of hydrogen-bond acceptors (Lipinski definition) is 5. The molecule has 0 aromatic carbocycles. The highest BCUT2D eigenvalue weighted by Crippen LogP contribution is 2.32. The minimum atomic E-state index is 0.523. The Hall–Kier alpha value is -2.30. The predicted molar refractivity (Wildman–Crippen MR) is 72.6 cm³/mol. The minimum Gasteiger partial charge on any atom is -0.397 e. The highest BCUT2D eigenvalue weighted by molar-refractivity contribution is 5.67. The molecule has 18 heavy (non-hydrogen) atoms. The van der Waals surface area contributed by atoms with E-state index in [1.54, 1.807) is 12.4 Å². The summed E-state index contributed by atoms with van der Waals surface area (Å²) in [5.41, 5.74) is 14.4. The van der Waals surface area contributed by atoms with Crippen molar-refractivity contribution in [2.45, 2.75) is 12.8 Å². The SMILES string of the molecule is Nc1cnc2c(c1)CCCN2c1ccnc(N)c1. The standard InChI is InChI=1S/C13H15N5/c14-10-6-9-2-1-5-18(13(9)17-8-10)11-3-4-16-12(15)7-11/h3-4,6-8H,1-2,5,14H2,(H2,15,16). The molecule has 0 radical (unpaired) electrons.